The van der Waals surface area contributed by atoms with Crippen molar-refractivity contribution in [3.63, 3.8) is 0 Å². The number of nitrogens with zero attached hydrogens (tertiary/aromatic N) is 3. The lowest BCUT2D eigenvalue weighted by atomic mass is 9.67. The van der Waals surface area contributed by atoms with Crippen molar-refractivity contribution in [2.24, 2.45) is 17.4 Å². The number of rotatable bonds is 4. The van der Waals surface area contributed by atoms with Gasteiger partial charge in [-0.3, -0.25) is 14.4 Å². The number of hydrogen-bond acceptors (Lipinski definition) is 5. The Labute approximate surface area is 197 Å². The first-order valence-electron chi connectivity index (χ1n) is 11.5. The largest absolute Gasteiger partial charge is 0.369 e. The van der Waals surface area contributed by atoms with Crippen molar-refractivity contribution in [1.82, 2.24) is 14.7 Å². The molecule has 2 aromatic rings. The van der Waals surface area contributed by atoms with Crippen LogP contribution in [0.2, 0.25) is 0 Å². The fourth-order valence-electron chi connectivity index (χ4n) is 5.49. The Balaban J connectivity index is 1.60. The van der Waals surface area contributed by atoms with E-state index in [9.17, 15) is 19.5 Å². The molecule has 1 saturated heterocycles. The zero-order valence-corrected chi connectivity index (χ0v) is 19.0. The second-order valence-corrected chi connectivity index (χ2v) is 9.55. The monoisotopic (exact) mass is 461 g/mol. The summed E-state index contributed by atoms with van der Waals surface area (Å²) in [5, 5.41) is 15.1. The molecule has 2 heterocycles. The lowest BCUT2D eigenvalue weighted by Gasteiger charge is -2.35. The molecule has 2 aliphatic carbocycles. The number of likely N-dealkylation sites (N-methyl/N-ethyl adjacent to an activating group) is 1. The minimum atomic E-state index is -1.69. The van der Waals surface area contributed by atoms with Crippen LogP contribution in [0.25, 0.3) is 5.69 Å². The maximum Gasteiger partial charge on any atom is 0.269 e. The maximum atomic E-state index is 12.7. The molecule has 1 aromatic heterocycles. The van der Waals surface area contributed by atoms with Gasteiger partial charge in [0.05, 0.1) is 11.1 Å². The van der Waals surface area contributed by atoms with E-state index < -0.39 is 28.7 Å². The van der Waals surface area contributed by atoms with Crippen molar-refractivity contribution in [1.29, 1.82) is 0 Å². The van der Waals surface area contributed by atoms with Crippen LogP contribution >= 0.6 is 0 Å². The summed E-state index contributed by atoms with van der Waals surface area (Å²) < 4.78 is 1.66. The van der Waals surface area contributed by atoms with E-state index in [1.807, 2.05) is 6.07 Å². The summed E-state index contributed by atoms with van der Waals surface area (Å²) in [6, 6.07) is 7.15. The molecule has 9 heteroatoms. The van der Waals surface area contributed by atoms with Gasteiger partial charge in [-0.15, -0.1) is 0 Å². The highest BCUT2D eigenvalue weighted by atomic mass is 16.3. The van der Waals surface area contributed by atoms with Crippen LogP contribution in [0.3, 0.4) is 0 Å². The van der Waals surface area contributed by atoms with Crippen molar-refractivity contribution in [2.45, 2.75) is 49.5 Å². The molecule has 9 nitrogen and oxygen atoms in total. The number of aromatic nitrogens is 2. The van der Waals surface area contributed by atoms with Gasteiger partial charge >= 0.3 is 0 Å². The second-order valence-electron chi connectivity index (χ2n) is 9.55. The Bertz CT molecular complexity index is 1280. The van der Waals surface area contributed by atoms with Gasteiger partial charge in [0.15, 0.2) is 5.69 Å². The van der Waals surface area contributed by atoms with Crippen LogP contribution in [0.4, 0.5) is 0 Å². The summed E-state index contributed by atoms with van der Waals surface area (Å²) in [6.07, 6.45) is 3.98. The molecule has 1 saturated carbocycles. The number of carbonyl (C=O) groups excluding carboxylic acids is 3. The Hall–Kier alpha value is -3.64. The van der Waals surface area contributed by atoms with E-state index >= 15 is 0 Å². The maximum absolute atomic E-state index is 12.7. The van der Waals surface area contributed by atoms with Gasteiger partial charge in [0.1, 0.15) is 0 Å². The second kappa shape index (κ2) is 7.71. The smallest absolute Gasteiger partial charge is 0.269 e. The molecule has 1 aromatic carbocycles. The predicted octanol–water partition coefficient (Wildman–Crippen LogP) is 0.385. The molecular weight excluding hydrogens is 434 g/mol. The quantitative estimate of drug-likeness (QED) is 0.564. The van der Waals surface area contributed by atoms with Crippen LogP contribution in [-0.4, -0.2) is 56.7 Å². The van der Waals surface area contributed by atoms with Crippen molar-refractivity contribution < 1.29 is 19.5 Å². The summed E-state index contributed by atoms with van der Waals surface area (Å²) >= 11 is 0. The van der Waals surface area contributed by atoms with E-state index in [1.54, 1.807) is 29.9 Å². The van der Waals surface area contributed by atoms with Gasteiger partial charge in [-0.05, 0) is 56.2 Å². The van der Waals surface area contributed by atoms with Gasteiger partial charge in [-0.2, -0.15) is 5.10 Å². The number of fused-ring (bicyclic) bond motifs is 1. The fourth-order valence-corrected chi connectivity index (χ4v) is 5.49. The predicted molar refractivity (Wildman–Crippen MR) is 123 cm³/mol. The number of primary amides is 2. The molecule has 0 bridgehead atoms. The van der Waals surface area contributed by atoms with Gasteiger partial charge in [-0.1, -0.05) is 17.9 Å². The molecule has 3 amide bonds. The third kappa shape index (κ3) is 3.29. The number of hydrogen-bond donors (Lipinski definition) is 3. The van der Waals surface area contributed by atoms with Crippen molar-refractivity contribution >= 4 is 17.7 Å². The normalized spacial score (nSPS) is 26.1. The first kappa shape index (κ1) is 22.2. The summed E-state index contributed by atoms with van der Waals surface area (Å²) in [6.45, 7) is 0.446. The molecule has 2 fully saturated rings. The highest BCUT2D eigenvalue weighted by Crippen LogP contribution is 2.54. The van der Waals surface area contributed by atoms with E-state index in [0.29, 0.717) is 36.2 Å². The van der Waals surface area contributed by atoms with Gasteiger partial charge in [-0.25, -0.2) is 4.68 Å². The molecule has 1 aliphatic heterocycles. The molecule has 2 atom stereocenters. The SMILES string of the molecule is CN1CC[C@@](O)(C#Cc2cccc(-n3nc(C(N)=O)c4c3CCC[C@]4(C(N)=O)C3CC3)c2)C1=O. The highest BCUT2D eigenvalue weighted by molar-refractivity contribution is 5.98. The third-order valence-electron chi connectivity index (χ3n) is 7.37. The summed E-state index contributed by atoms with van der Waals surface area (Å²) in [5.74, 6) is 4.19. The van der Waals surface area contributed by atoms with Crippen molar-refractivity contribution in [3.05, 3.63) is 46.8 Å². The number of benzene rings is 1. The summed E-state index contributed by atoms with van der Waals surface area (Å²) in [7, 11) is 1.63. The number of nitrogens with two attached hydrogens (primary N) is 2. The zero-order valence-electron chi connectivity index (χ0n) is 19.0. The number of aliphatic hydroxyl groups is 1. The van der Waals surface area contributed by atoms with E-state index in [1.165, 1.54) is 4.90 Å². The van der Waals surface area contributed by atoms with Crippen LogP contribution in [0.15, 0.2) is 24.3 Å². The lowest BCUT2D eigenvalue weighted by molar-refractivity contribution is -0.137. The zero-order chi connectivity index (χ0) is 24.3. The Morgan fingerprint density at radius 1 is 1.24 bits per heavy atom. The summed E-state index contributed by atoms with van der Waals surface area (Å²) in [4.78, 5) is 38.8. The van der Waals surface area contributed by atoms with Crippen LogP contribution in [-0.2, 0) is 21.4 Å². The van der Waals surface area contributed by atoms with Gasteiger partial charge < -0.3 is 21.5 Å². The average molecular weight is 462 g/mol. The summed E-state index contributed by atoms with van der Waals surface area (Å²) in [5.41, 5.74) is 11.7. The van der Waals surface area contributed by atoms with Gasteiger partial charge in [0.25, 0.3) is 11.8 Å². The Morgan fingerprint density at radius 2 is 2.00 bits per heavy atom. The molecule has 0 spiro atoms. The topological polar surface area (TPSA) is 145 Å². The van der Waals surface area contributed by atoms with E-state index in [-0.39, 0.29) is 18.0 Å². The van der Waals surface area contributed by atoms with E-state index in [4.69, 9.17) is 11.5 Å². The third-order valence-corrected chi connectivity index (χ3v) is 7.37. The highest BCUT2D eigenvalue weighted by Gasteiger charge is 2.55. The molecule has 5 N–H and O–H groups in total. The first-order chi connectivity index (χ1) is 16.2. The minimum absolute atomic E-state index is 0.0887. The van der Waals surface area contributed by atoms with Crippen LogP contribution < -0.4 is 11.5 Å². The van der Waals surface area contributed by atoms with Crippen LogP contribution in [0.5, 0.6) is 0 Å². The molecular formula is C25H27N5O4. The molecule has 0 unspecified atom stereocenters. The minimum Gasteiger partial charge on any atom is -0.369 e. The fraction of sp³-hybridized carbons (Fsp3) is 0.440. The number of carbonyl (C=O) groups is 3. The van der Waals surface area contributed by atoms with E-state index in [0.717, 1.165) is 25.0 Å². The first-order valence-corrected chi connectivity index (χ1v) is 11.5. The average Bonchev–Trinajstić information content (AvgIpc) is 3.55. The van der Waals surface area contributed by atoms with Crippen molar-refractivity contribution in [3.8, 4) is 17.5 Å². The standard InChI is InChI=1S/C25H27N5O4/c1-29-13-12-24(34,23(29)33)11-9-15-4-2-5-17(14-15)30-18-6-3-10-25(22(27)32,16-7-8-16)19(18)20(28-30)21(26)31/h2,4-5,14,16,34H,3,6-8,10,12-13H2,1H3,(H2,26,31)(H2,27,32)/t24-,25-/m0/s1. The van der Waals surface area contributed by atoms with Gasteiger partial charge in [0, 0.05) is 36.8 Å². The number of likely N-dealkylation sites (tertiary alicyclic amines) is 1. The number of amides is 3. The van der Waals surface area contributed by atoms with Gasteiger partial charge in [0.2, 0.25) is 11.5 Å². The van der Waals surface area contributed by atoms with Crippen molar-refractivity contribution in [2.75, 3.05) is 13.6 Å². The van der Waals surface area contributed by atoms with E-state index in [2.05, 4.69) is 16.9 Å². The molecule has 34 heavy (non-hydrogen) atoms. The van der Waals surface area contributed by atoms with Crippen LogP contribution in [0.1, 0.15) is 59.4 Å². The Kier molecular flexibility index (Phi) is 5.02. The molecule has 5 rings (SSSR count). The molecule has 176 valence electrons. The lowest BCUT2D eigenvalue weighted by Crippen LogP contribution is -2.46. The van der Waals surface area contributed by atoms with Crippen LogP contribution in [0, 0.1) is 17.8 Å². The Morgan fingerprint density at radius 3 is 2.62 bits per heavy atom. The molecule has 3 aliphatic rings. The molecule has 0 radical (unpaired) electrons.